The summed E-state index contributed by atoms with van der Waals surface area (Å²) in [5, 5.41) is 8.81. The van der Waals surface area contributed by atoms with Crippen LogP contribution in [-0.4, -0.2) is 19.5 Å². The normalized spacial score (nSPS) is 12.3. The van der Waals surface area contributed by atoms with Gasteiger partial charge in [-0.15, -0.1) is 0 Å². The molecule has 1 unspecified atom stereocenters. The second-order valence-electron chi connectivity index (χ2n) is 6.21. The predicted octanol–water partition coefficient (Wildman–Crippen LogP) is 3.27. The Bertz CT molecular complexity index is 1020. The van der Waals surface area contributed by atoms with Crippen molar-refractivity contribution >= 4 is 15.9 Å². The van der Waals surface area contributed by atoms with Gasteiger partial charge in [-0.2, -0.15) is 0 Å². The number of hydrogen-bond acceptors (Lipinski definition) is 4. The molecule has 0 heterocycles. The lowest BCUT2D eigenvalue weighted by atomic mass is 10.0. The van der Waals surface area contributed by atoms with E-state index in [1.54, 1.807) is 47.9 Å². The molecule has 0 saturated heterocycles. The highest BCUT2D eigenvalue weighted by atomic mass is 32.2. The molecule has 3 aromatic rings. The zero-order chi connectivity index (χ0) is 20.0. The first-order valence-electron chi connectivity index (χ1n) is 8.65. The first-order chi connectivity index (χ1) is 13.5. The molecule has 28 heavy (non-hydrogen) atoms. The summed E-state index contributed by atoms with van der Waals surface area (Å²) in [6.45, 7) is 0. The van der Waals surface area contributed by atoms with E-state index in [9.17, 15) is 13.2 Å². The predicted molar refractivity (Wildman–Crippen MR) is 106 cm³/mol. The Balaban J connectivity index is 1.85. The van der Waals surface area contributed by atoms with Crippen LogP contribution in [0.5, 0.6) is 0 Å². The van der Waals surface area contributed by atoms with Gasteiger partial charge in [-0.1, -0.05) is 72.8 Å². The molecule has 0 aliphatic heterocycles. The van der Waals surface area contributed by atoms with Crippen molar-refractivity contribution in [3.05, 3.63) is 90.5 Å². The Morgan fingerprint density at radius 2 is 1.36 bits per heavy atom. The number of amides is 1. The van der Waals surface area contributed by atoms with Crippen LogP contribution in [0.25, 0.3) is 11.1 Å². The van der Waals surface area contributed by atoms with Gasteiger partial charge in [0.15, 0.2) is 0 Å². The SMILES string of the molecule is O=C(CC(NS(=O)(=O)c1ccc(-c2ccccc2)cc1)c1ccccc1)NO. The zero-order valence-corrected chi connectivity index (χ0v) is 15.8. The highest BCUT2D eigenvalue weighted by Gasteiger charge is 2.23. The summed E-state index contributed by atoms with van der Waals surface area (Å²) in [6, 6.07) is 24.1. The third-order valence-corrected chi connectivity index (χ3v) is 5.77. The van der Waals surface area contributed by atoms with Crippen LogP contribution in [0, 0.1) is 0 Å². The number of rotatable bonds is 7. The van der Waals surface area contributed by atoms with Gasteiger partial charge in [0.05, 0.1) is 10.9 Å². The molecule has 0 bridgehead atoms. The summed E-state index contributed by atoms with van der Waals surface area (Å²) >= 11 is 0. The van der Waals surface area contributed by atoms with Crippen LogP contribution in [0.15, 0.2) is 89.8 Å². The van der Waals surface area contributed by atoms with E-state index in [4.69, 9.17) is 5.21 Å². The topological polar surface area (TPSA) is 95.5 Å². The lowest BCUT2D eigenvalue weighted by Gasteiger charge is -2.18. The summed E-state index contributed by atoms with van der Waals surface area (Å²) in [4.78, 5) is 11.7. The average molecular weight is 396 g/mol. The number of carbonyl (C=O) groups is 1. The number of benzene rings is 3. The Labute approximate surface area is 163 Å². The maximum atomic E-state index is 12.8. The third-order valence-electron chi connectivity index (χ3n) is 4.29. The van der Waals surface area contributed by atoms with Gasteiger partial charge < -0.3 is 0 Å². The van der Waals surface area contributed by atoms with Gasteiger partial charge in [0, 0.05) is 6.42 Å². The van der Waals surface area contributed by atoms with Crippen molar-refractivity contribution in [1.29, 1.82) is 0 Å². The van der Waals surface area contributed by atoms with Crippen molar-refractivity contribution in [2.45, 2.75) is 17.4 Å². The number of carbonyl (C=O) groups excluding carboxylic acids is 1. The van der Waals surface area contributed by atoms with E-state index in [0.29, 0.717) is 5.56 Å². The summed E-state index contributed by atoms with van der Waals surface area (Å²) in [5.74, 6) is -0.684. The Hall–Kier alpha value is -3.00. The Morgan fingerprint density at radius 1 is 0.821 bits per heavy atom. The van der Waals surface area contributed by atoms with Gasteiger partial charge in [-0.25, -0.2) is 18.6 Å². The van der Waals surface area contributed by atoms with Crippen molar-refractivity contribution in [2.75, 3.05) is 0 Å². The largest absolute Gasteiger partial charge is 0.289 e. The standard InChI is InChI=1S/C21H20N2O4S/c24-21(22-25)15-20(18-9-5-2-6-10-18)23-28(26,27)19-13-11-17(12-14-19)16-7-3-1-4-8-16/h1-14,20,23,25H,15H2,(H,22,24). The lowest BCUT2D eigenvalue weighted by Crippen LogP contribution is -2.33. The molecule has 1 amide bonds. The molecule has 0 aliphatic carbocycles. The molecule has 0 fully saturated rings. The van der Waals surface area contributed by atoms with Crippen LogP contribution in [0.2, 0.25) is 0 Å². The average Bonchev–Trinajstić information content (AvgIpc) is 2.74. The van der Waals surface area contributed by atoms with Crippen molar-refractivity contribution in [3.8, 4) is 11.1 Å². The third kappa shape index (κ3) is 4.83. The van der Waals surface area contributed by atoms with Crippen LogP contribution in [-0.2, 0) is 14.8 Å². The van der Waals surface area contributed by atoms with Gasteiger partial charge >= 0.3 is 0 Å². The van der Waals surface area contributed by atoms with Gasteiger partial charge in [-0.3, -0.25) is 10.0 Å². The van der Waals surface area contributed by atoms with Gasteiger partial charge in [0.2, 0.25) is 15.9 Å². The van der Waals surface area contributed by atoms with E-state index in [-0.39, 0.29) is 11.3 Å². The van der Waals surface area contributed by atoms with E-state index < -0.39 is 22.0 Å². The first kappa shape index (κ1) is 19.8. The maximum Gasteiger partial charge on any atom is 0.245 e. The zero-order valence-electron chi connectivity index (χ0n) is 14.9. The van der Waals surface area contributed by atoms with Crippen molar-refractivity contribution in [2.24, 2.45) is 0 Å². The molecule has 3 N–H and O–H groups in total. The lowest BCUT2D eigenvalue weighted by molar-refractivity contribution is -0.129. The molecule has 1 atom stereocenters. The van der Waals surface area contributed by atoms with E-state index in [0.717, 1.165) is 11.1 Å². The number of nitrogens with one attached hydrogen (secondary N) is 2. The van der Waals surface area contributed by atoms with Gasteiger partial charge in [0.1, 0.15) is 0 Å². The van der Waals surface area contributed by atoms with Gasteiger partial charge in [0.25, 0.3) is 0 Å². The summed E-state index contributed by atoms with van der Waals surface area (Å²) in [5.41, 5.74) is 4.05. The van der Waals surface area contributed by atoms with E-state index >= 15 is 0 Å². The molecule has 0 saturated carbocycles. The minimum atomic E-state index is -3.87. The number of sulfonamides is 1. The second-order valence-corrected chi connectivity index (χ2v) is 7.93. The fourth-order valence-electron chi connectivity index (χ4n) is 2.86. The minimum absolute atomic E-state index is 0.0949. The highest BCUT2D eigenvalue weighted by Crippen LogP contribution is 2.23. The summed E-state index contributed by atoms with van der Waals surface area (Å²) in [6.07, 6.45) is -0.234. The highest BCUT2D eigenvalue weighted by molar-refractivity contribution is 7.89. The molecule has 0 radical (unpaired) electrons. The van der Waals surface area contributed by atoms with Crippen LogP contribution in [0.1, 0.15) is 18.0 Å². The molecule has 0 aliphatic rings. The Kier molecular flexibility index (Phi) is 6.20. The number of hydrogen-bond donors (Lipinski definition) is 3. The van der Waals surface area contributed by atoms with Crippen LogP contribution < -0.4 is 10.2 Å². The monoisotopic (exact) mass is 396 g/mol. The van der Waals surface area contributed by atoms with Gasteiger partial charge in [-0.05, 0) is 28.8 Å². The van der Waals surface area contributed by atoms with Crippen molar-refractivity contribution in [3.63, 3.8) is 0 Å². The molecule has 0 aromatic heterocycles. The first-order valence-corrected chi connectivity index (χ1v) is 10.1. The maximum absolute atomic E-state index is 12.8. The fraction of sp³-hybridized carbons (Fsp3) is 0.0952. The van der Waals surface area contributed by atoms with E-state index in [1.807, 2.05) is 30.3 Å². The van der Waals surface area contributed by atoms with Crippen molar-refractivity contribution < 1.29 is 18.4 Å². The molecular formula is C21H20N2O4S. The smallest absolute Gasteiger partial charge is 0.245 e. The molecule has 3 rings (SSSR count). The quantitative estimate of drug-likeness (QED) is 0.422. The minimum Gasteiger partial charge on any atom is -0.289 e. The number of hydroxylamine groups is 1. The fourth-order valence-corrected chi connectivity index (χ4v) is 4.08. The summed E-state index contributed by atoms with van der Waals surface area (Å²) < 4.78 is 28.2. The van der Waals surface area contributed by atoms with Crippen molar-refractivity contribution in [1.82, 2.24) is 10.2 Å². The van der Waals surface area contributed by atoms with E-state index in [2.05, 4.69) is 4.72 Å². The Morgan fingerprint density at radius 3 is 1.93 bits per heavy atom. The molecule has 3 aromatic carbocycles. The van der Waals surface area contributed by atoms with Crippen LogP contribution in [0.3, 0.4) is 0 Å². The molecule has 0 spiro atoms. The molecule has 7 heteroatoms. The van der Waals surface area contributed by atoms with Crippen LogP contribution in [0.4, 0.5) is 0 Å². The molecule has 6 nitrogen and oxygen atoms in total. The summed E-state index contributed by atoms with van der Waals surface area (Å²) in [7, 11) is -3.87. The van der Waals surface area contributed by atoms with Crippen LogP contribution >= 0.6 is 0 Å². The second kappa shape index (κ2) is 8.79. The molecule has 144 valence electrons. The molecular weight excluding hydrogens is 376 g/mol. The van der Waals surface area contributed by atoms with E-state index in [1.165, 1.54) is 12.1 Å².